The lowest BCUT2D eigenvalue weighted by molar-refractivity contribution is 0.0685. The maximum Gasteiger partial charge on any atom is 0.357 e. The number of aliphatic hydroxyl groups is 1. The molecule has 0 aromatic carbocycles. The molecule has 0 unspecified atom stereocenters. The molecular weight excluding hydrogens is 274 g/mol. The lowest BCUT2D eigenvalue weighted by Crippen LogP contribution is -2.42. The molecule has 1 aromatic rings. The van der Waals surface area contributed by atoms with E-state index in [2.05, 4.69) is 10.2 Å². The van der Waals surface area contributed by atoms with E-state index in [1.807, 2.05) is 0 Å². The fourth-order valence-electron chi connectivity index (χ4n) is 2.15. The maximum atomic E-state index is 12.4. The van der Waals surface area contributed by atoms with Crippen molar-refractivity contribution in [1.29, 1.82) is 0 Å². The van der Waals surface area contributed by atoms with Crippen molar-refractivity contribution in [3.8, 4) is 0 Å². The second-order valence-electron chi connectivity index (χ2n) is 4.49. The van der Waals surface area contributed by atoms with Crippen LogP contribution in [0, 0.1) is 6.92 Å². The lowest BCUT2D eigenvalue weighted by atomic mass is 10.1. The second-order valence-corrected chi connectivity index (χ2v) is 6.37. The fraction of sp³-hybridized carbons (Fsp3) is 0.600. The average molecular weight is 289 g/mol. The molecule has 1 aliphatic heterocycles. The van der Waals surface area contributed by atoms with E-state index in [0.29, 0.717) is 12.8 Å². The molecule has 1 atom stereocenters. The van der Waals surface area contributed by atoms with Crippen LogP contribution < -0.4 is 0 Å². The number of aromatic amines is 1. The molecule has 1 fully saturated rings. The number of carboxylic acid groups (broad SMARTS) is 1. The highest BCUT2D eigenvalue weighted by atomic mass is 32.2. The number of H-pyrrole nitrogens is 1. The Bertz CT molecular complexity index is 594. The van der Waals surface area contributed by atoms with Crippen LogP contribution in [0.4, 0.5) is 0 Å². The number of nitrogens with one attached hydrogen (secondary N) is 1. The van der Waals surface area contributed by atoms with Crippen molar-refractivity contribution in [3.05, 3.63) is 11.4 Å². The van der Waals surface area contributed by atoms with Gasteiger partial charge in [-0.3, -0.25) is 5.10 Å². The van der Waals surface area contributed by atoms with Crippen LogP contribution >= 0.6 is 0 Å². The first-order valence-corrected chi connectivity index (χ1v) is 7.24. The molecule has 0 amide bonds. The summed E-state index contributed by atoms with van der Waals surface area (Å²) in [5.41, 5.74) is -0.338. The average Bonchev–Trinajstić information content (AvgIpc) is 2.72. The highest BCUT2D eigenvalue weighted by Gasteiger charge is 2.35. The Kier molecular flexibility index (Phi) is 3.61. The molecule has 0 saturated carbocycles. The van der Waals surface area contributed by atoms with Crippen LogP contribution in [0.15, 0.2) is 4.90 Å². The Morgan fingerprint density at radius 2 is 2.21 bits per heavy atom. The summed E-state index contributed by atoms with van der Waals surface area (Å²) in [6.07, 6.45) is 0.367. The predicted octanol–water partition coefficient (Wildman–Crippen LogP) is -0.438. The van der Waals surface area contributed by atoms with Gasteiger partial charge >= 0.3 is 5.97 Å². The Labute approximate surface area is 110 Å². The predicted molar refractivity (Wildman–Crippen MR) is 64.3 cm³/mol. The van der Waals surface area contributed by atoms with Gasteiger partial charge in [0.2, 0.25) is 10.0 Å². The Morgan fingerprint density at radius 3 is 2.79 bits per heavy atom. The minimum atomic E-state index is -3.96. The first-order valence-electron chi connectivity index (χ1n) is 5.80. The fourth-order valence-corrected chi connectivity index (χ4v) is 3.95. The summed E-state index contributed by atoms with van der Waals surface area (Å²) in [5.74, 6) is -1.40. The number of hydrogen-bond donors (Lipinski definition) is 3. The monoisotopic (exact) mass is 289 g/mol. The van der Waals surface area contributed by atoms with Crippen molar-refractivity contribution < 1.29 is 23.4 Å². The summed E-state index contributed by atoms with van der Waals surface area (Å²) < 4.78 is 26.0. The number of aliphatic hydroxyl groups excluding tert-OH is 1. The minimum Gasteiger partial charge on any atom is -0.476 e. The SMILES string of the molecule is Cc1[nH]nc(C(=O)O)c1S(=O)(=O)N1CCC[C@H](O)C1. The van der Waals surface area contributed by atoms with Crippen molar-refractivity contribution in [2.24, 2.45) is 0 Å². The summed E-state index contributed by atoms with van der Waals surface area (Å²) in [6.45, 7) is 1.70. The number of aromatic nitrogens is 2. The smallest absolute Gasteiger partial charge is 0.357 e. The van der Waals surface area contributed by atoms with Crippen LogP contribution in [0.5, 0.6) is 0 Å². The molecule has 2 heterocycles. The topological polar surface area (TPSA) is 124 Å². The van der Waals surface area contributed by atoms with E-state index < -0.39 is 27.8 Å². The molecule has 1 saturated heterocycles. The molecule has 0 radical (unpaired) electrons. The van der Waals surface area contributed by atoms with Gasteiger partial charge in [0.05, 0.1) is 11.8 Å². The third kappa shape index (κ3) is 2.48. The van der Waals surface area contributed by atoms with Crippen LogP contribution in [-0.4, -0.2) is 58.3 Å². The second kappa shape index (κ2) is 4.91. The molecule has 1 aliphatic rings. The normalized spacial score (nSPS) is 21.5. The molecule has 0 spiro atoms. The molecule has 8 nitrogen and oxygen atoms in total. The lowest BCUT2D eigenvalue weighted by Gasteiger charge is -2.29. The maximum absolute atomic E-state index is 12.4. The molecule has 9 heteroatoms. The number of nitrogens with zero attached hydrogens (tertiary/aromatic N) is 2. The van der Waals surface area contributed by atoms with Crippen molar-refractivity contribution in [2.45, 2.75) is 30.8 Å². The van der Waals surface area contributed by atoms with Crippen LogP contribution in [0.1, 0.15) is 29.0 Å². The number of carboxylic acids is 1. The third-order valence-corrected chi connectivity index (χ3v) is 5.08. The molecule has 0 bridgehead atoms. The summed E-state index contributed by atoms with van der Waals surface area (Å²) in [4.78, 5) is 10.7. The van der Waals surface area contributed by atoms with Crippen LogP contribution in [0.2, 0.25) is 0 Å². The van der Waals surface area contributed by atoms with Gasteiger partial charge in [-0.25, -0.2) is 13.2 Å². The molecule has 3 N–H and O–H groups in total. The van der Waals surface area contributed by atoms with E-state index in [-0.39, 0.29) is 23.7 Å². The summed E-state index contributed by atoms with van der Waals surface area (Å²) in [7, 11) is -3.96. The van der Waals surface area contributed by atoms with Gasteiger partial charge in [-0.1, -0.05) is 0 Å². The van der Waals surface area contributed by atoms with Crippen LogP contribution in [0.25, 0.3) is 0 Å². The quantitative estimate of drug-likeness (QED) is 0.693. The largest absolute Gasteiger partial charge is 0.476 e. The number of aryl methyl sites for hydroxylation is 1. The number of hydrogen-bond acceptors (Lipinski definition) is 5. The van der Waals surface area contributed by atoms with Crippen molar-refractivity contribution in [2.75, 3.05) is 13.1 Å². The van der Waals surface area contributed by atoms with Crippen molar-refractivity contribution in [1.82, 2.24) is 14.5 Å². The highest BCUT2D eigenvalue weighted by molar-refractivity contribution is 7.89. The first kappa shape index (κ1) is 14.0. The van der Waals surface area contributed by atoms with Crippen LogP contribution in [0.3, 0.4) is 0 Å². The number of sulfonamides is 1. The molecule has 1 aromatic heterocycles. The van der Waals surface area contributed by atoms with Crippen LogP contribution in [-0.2, 0) is 10.0 Å². The number of piperidine rings is 1. The van der Waals surface area contributed by atoms with Gasteiger partial charge in [0.15, 0.2) is 5.69 Å². The molecule has 2 rings (SSSR count). The minimum absolute atomic E-state index is 0.0218. The van der Waals surface area contributed by atoms with E-state index in [1.165, 1.54) is 6.92 Å². The Morgan fingerprint density at radius 1 is 1.53 bits per heavy atom. The van der Waals surface area contributed by atoms with Gasteiger partial charge in [-0.05, 0) is 19.8 Å². The molecule has 19 heavy (non-hydrogen) atoms. The van der Waals surface area contributed by atoms with E-state index in [0.717, 1.165) is 4.31 Å². The Balaban J connectivity index is 2.45. The number of β-amino-alcohol motifs (C(OH)–C–C–N with tert-alkyl or cyclic N) is 1. The number of aromatic carboxylic acids is 1. The number of carbonyl (C=O) groups is 1. The zero-order chi connectivity index (χ0) is 14.2. The van der Waals surface area contributed by atoms with Gasteiger partial charge in [-0.2, -0.15) is 9.40 Å². The van der Waals surface area contributed by atoms with Gasteiger partial charge in [0.1, 0.15) is 4.90 Å². The van der Waals surface area contributed by atoms with E-state index in [9.17, 15) is 18.3 Å². The van der Waals surface area contributed by atoms with E-state index >= 15 is 0 Å². The van der Waals surface area contributed by atoms with Crippen molar-refractivity contribution in [3.63, 3.8) is 0 Å². The first-order chi connectivity index (χ1) is 8.84. The molecular formula is C10H15N3O5S. The van der Waals surface area contributed by atoms with E-state index in [1.54, 1.807) is 0 Å². The summed E-state index contributed by atoms with van der Waals surface area (Å²) in [5, 5.41) is 24.4. The number of rotatable bonds is 3. The standard InChI is InChI=1S/C10H15N3O5S/c1-6-9(8(10(15)16)12-11-6)19(17,18)13-4-2-3-7(14)5-13/h7,14H,2-5H2,1H3,(H,11,12)(H,15,16)/t7-/m0/s1. The zero-order valence-electron chi connectivity index (χ0n) is 10.3. The summed E-state index contributed by atoms with van der Waals surface area (Å²) in [6, 6.07) is 0. The van der Waals surface area contributed by atoms with Gasteiger partial charge < -0.3 is 10.2 Å². The van der Waals surface area contributed by atoms with E-state index in [4.69, 9.17) is 5.11 Å². The van der Waals surface area contributed by atoms with Gasteiger partial charge in [0.25, 0.3) is 0 Å². The molecule has 106 valence electrons. The zero-order valence-corrected chi connectivity index (χ0v) is 11.1. The van der Waals surface area contributed by atoms with Gasteiger partial charge in [-0.15, -0.1) is 0 Å². The van der Waals surface area contributed by atoms with Crippen molar-refractivity contribution >= 4 is 16.0 Å². The highest BCUT2D eigenvalue weighted by Crippen LogP contribution is 2.25. The third-order valence-electron chi connectivity index (χ3n) is 3.05. The summed E-state index contributed by atoms with van der Waals surface area (Å²) >= 11 is 0. The Hall–Kier alpha value is -1.45. The molecule has 0 aliphatic carbocycles. The van der Waals surface area contributed by atoms with Gasteiger partial charge in [0, 0.05) is 13.1 Å².